The second-order valence-corrected chi connectivity index (χ2v) is 17.7. The van der Waals surface area contributed by atoms with Crippen LogP contribution in [0.2, 0.25) is 0 Å². The number of nitrogens with one attached hydrogen (secondary N) is 3. The number of rotatable bonds is 12. The van der Waals surface area contributed by atoms with Crippen LogP contribution in [0.4, 0.5) is 0 Å². The zero-order valence-electron chi connectivity index (χ0n) is 32.7. The molecule has 4 N–H and O–H groups in total. The van der Waals surface area contributed by atoms with Gasteiger partial charge in [-0.25, -0.2) is 4.98 Å². The van der Waals surface area contributed by atoms with Gasteiger partial charge in [-0.2, -0.15) is 0 Å². The third kappa shape index (κ3) is 8.00. The van der Waals surface area contributed by atoms with Crippen LogP contribution < -0.4 is 10.6 Å². The molecule has 6 heterocycles. The second kappa shape index (κ2) is 16.8. The number of carbonyl (C=O) groups is 4. The monoisotopic (exact) mass is 817 g/mol. The molecule has 58 heavy (non-hydrogen) atoms. The first-order valence-electron chi connectivity index (χ1n) is 19.9. The summed E-state index contributed by atoms with van der Waals surface area (Å²) in [7, 11) is 0. The van der Waals surface area contributed by atoms with Crippen LogP contribution in [0.1, 0.15) is 81.2 Å². The molecule has 2 aromatic carbocycles. The molecule has 0 spiro atoms. The lowest BCUT2D eigenvalue weighted by Crippen LogP contribution is -2.53. The van der Waals surface area contributed by atoms with Crippen molar-refractivity contribution in [1.29, 1.82) is 0 Å². The van der Waals surface area contributed by atoms with Crippen molar-refractivity contribution in [3.8, 4) is 21.7 Å². The lowest BCUT2D eigenvalue weighted by atomic mass is 9.99. The van der Waals surface area contributed by atoms with E-state index in [0.29, 0.717) is 30.9 Å². The molecular formula is C44H47N7O5S2. The molecule has 0 bridgehead atoms. The summed E-state index contributed by atoms with van der Waals surface area (Å²) < 4.78 is 2.45. The number of nitrogens with zero attached hydrogens (tertiary/aromatic N) is 4. The quantitative estimate of drug-likeness (QED) is 0.108. The van der Waals surface area contributed by atoms with Gasteiger partial charge in [0.25, 0.3) is 0 Å². The van der Waals surface area contributed by atoms with Crippen LogP contribution in [0.15, 0.2) is 84.1 Å². The largest absolute Gasteiger partial charge is 0.387 e. The number of allylic oxidation sites excluding steroid dienone is 1. The Morgan fingerprint density at radius 3 is 2.21 bits per heavy atom. The van der Waals surface area contributed by atoms with E-state index in [1.807, 2.05) is 43.1 Å². The zero-order chi connectivity index (χ0) is 40.5. The number of amides is 4. The Labute approximate surface area is 345 Å². The smallest absolute Gasteiger partial charge is 0.250 e. The van der Waals surface area contributed by atoms with Crippen LogP contribution >= 0.6 is 22.7 Å². The molecule has 3 aliphatic heterocycles. The molecule has 4 amide bonds. The number of aliphatic imine (C=N–C) groups is 1. The molecule has 2 saturated heterocycles. The van der Waals surface area contributed by atoms with E-state index in [9.17, 15) is 24.3 Å². The summed E-state index contributed by atoms with van der Waals surface area (Å²) in [5.41, 5.74) is 5.81. The molecule has 14 heteroatoms. The van der Waals surface area contributed by atoms with Crippen LogP contribution in [0, 0.1) is 5.92 Å². The molecule has 3 aliphatic rings. The first-order valence-corrected chi connectivity index (χ1v) is 21.5. The molecule has 2 fully saturated rings. The number of H-pyrrole nitrogens is 1. The molecule has 4 atom stereocenters. The molecule has 8 rings (SSSR count). The standard InChI is InChI=1S/C44H47N7O5S2/c1-25(2)40(47-26(3)53)43(55)50-17-7-11-33(50)31-19-30(22-45-31)36-21-38-37(58-36)20-35(57-38)28-15-13-27(14-16-28)32-23-46-42(48-32)34-12-8-18-51(34)44(56)41(49-39(54)24-52)29-9-5-4-6-10-29/h4-6,9-10,13-16,20-23,25,33-34,40-41,52H,7-8,11-12,17-19,24H2,1-3H3,(H,46,48)(H,47,53)(H,49,54)/t33?,34-,40-,41+/m0/s1. The van der Waals surface area contributed by atoms with Crippen molar-refractivity contribution >= 4 is 67.0 Å². The van der Waals surface area contributed by atoms with Gasteiger partial charge >= 0.3 is 0 Å². The number of aliphatic hydroxyl groups excluding tert-OH is 1. The average Bonchev–Trinajstić information content (AvgIpc) is 4.08. The Morgan fingerprint density at radius 2 is 1.52 bits per heavy atom. The number of carbonyl (C=O) groups excluding carboxylic acids is 4. The topological polar surface area (TPSA) is 160 Å². The van der Waals surface area contributed by atoms with E-state index in [1.54, 1.807) is 45.9 Å². The maximum atomic E-state index is 13.9. The number of hydrogen-bond donors (Lipinski definition) is 4. The van der Waals surface area contributed by atoms with Crippen LogP contribution in [0.3, 0.4) is 0 Å². The lowest BCUT2D eigenvalue weighted by molar-refractivity contribution is -0.138. The summed E-state index contributed by atoms with van der Waals surface area (Å²) in [5.74, 6) is -0.369. The number of aliphatic hydroxyl groups is 1. The number of aromatic nitrogens is 2. The summed E-state index contributed by atoms with van der Waals surface area (Å²) in [4.78, 5) is 70.5. The molecule has 0 saturated carbocycles. The predicted molar refractivity (Wildman–Crippen MR) is 228 cm³/mol. The highest BCUT2D eigenvalue weighted by atomic mass is 32.1. The Morgan fingerprint density at radius 1 is 0.862 bits per heavy atom. The summed E-state index contributed by atoms with van der Waals surface area (Å²) in [6.45, 7) is 5.90. The number of likely N-dealkylation sites (tertiary alicyclic amines) is 2. The average molecular weight is 818 g/mol. The van der Waals surface area contributed by atoms with Gasteiger partial charge < -0.3 is 30.5 Å². The maximum absolute atomic E-state index is 13.9. The minimum atomic E-state index is -0.906. The number of benzene rings is 2. The SMILES string of the molecule is CC(=O)N[C@H](C(=O)N1CCCC1C1=NC=C(c2cc3sc(-c4ccc(-c5cnc([C@@H]6CCCN6C(=O)[C@H](NC(=O)CO)c6ccccc6)[nH]5)cc4)cc3s2)C1)C(C)C. The first-order chi connectivity index (χ1) is 28.1. The summed E-state index contributed by atoms with van der Waals surface area (Å²) in [6, 6.07) is 20.2. The Balaban J connectivity index is 0.913. The van der Waals surface area contributed by atoms with Crippen LogP contribution in [0.25, 0.3) is 36.7 Å². The van der Waals surface area contributed by atoms with E-state index in [1.165, 1.54) is 31.7 Å². The van der Waals surface area contributed by atoms with Gasteiger partial charge in [0.2, 0.25) is 23.6 Å². The summed E-state index contributed by atoms with van der Waals surface area (Å²) >= 11 is 3.53. The minimum absolute atomic E-state index is 0.00567. The fraction of sp³-hybridized carbons (Fsp3) is 0.364. The van der Waals surface area contributed by atoms with E-state index in [-0.39, 0.29) is 35.7 Å². The lowest BCUT2D eigenvalue weighted by Gasteiger charge is -2.31. The van der Waals surface area contributed by atoms with Gasteiger partial charge in [-0.1, -0.05) is 68.4 Å². The molecule has 0 radical (unpaired) electrons. The molecule has 3 aromatic heterocycles. The number of aromatic amines is 1. The van der Waals surface area contributed by atoms with Gasteiger partial charge in [0.05, 0.1) is 24.0 Å². The highest BCUT2D eigenvalue weighted by Gasteiger charge is 2.39. The normalized spacial score (nSPS) is 19.1. The van der Waals surface area contributed by atoms with Crippen LogP contribution in [-0.2, 0) is 19.2 Å². The molecular weight excluding hydrogens is 771 g/mol. The van der Waals surface area contributed by atoms with E-state index >= 15 is 0 Å². The third-order valence-electron chi connectivity index (χ3n) is 11.2. The van der Waals surface area contributed by atoms with Crippen molar-refractivity contribution in [2.45, 2.75) is 77.0 Å². The zero-order valence-corrected chi connectivity index (χ0v) is 34.4. The Hall–Kier alpha value is -5.44. The van der Waals surface area contributed by atoms with E-state index in [2.05, 4.69) is 52.0 Å². The van der Waals surface area contributed by atoms with Crippen LogP contribution in [-0.4, -0.2) is 86.0 Å². The van der Waals surface area contributed by atoms with E-state index in [0.717, 1.165) is 48.2 Å². The van der Waals surface area contributed by atoms with Crippen LogP contribution in [0.5, 0.6) is 0 Å². The number of hydrogen-bond acceptors (Lipinski definition) is 9. The molecule has 300 valence electrons. The number of fused-ring (bicyclic) bond motifs is 1. The van der Waals surface area contributed by atoms with Crippen molar-refractivity contribution in [2.75, 3.05) is 19.7 Å². The van der Waals surface area contributed by atoms with Crippen molar-refractivity contribution in [3.05, 3.63) is 95.4 Å². The fourth-order valence-corrected chi connectivity index (χ4v) is 10.7. The molecule has 12 nitrogen and oxygen atoms in total. The van der Waals surface area contributed by atoms with Crippen molar-refractivity contribution < 1.29 is 24.3 Å². The maximum Gasteiger partial charge on any atom is 0.250 e. The van der Waals surface area contributed by atoms with Gasteiger partial charge in [-0.15, -0.1) is 22.7 Å². The summed E-state index contributed by atoms with van der Waals surface area (Å²) in [5, 5.41) is 14.9. The van der Waals surface area contributed by atoms with Gasteiger partial charge in [0.1, 0.15) is 24.5 Å². The third-order valence-corrected chi connectivity index (χ3v) is 13.7. The second-order valence-electron chi connectivity index (χ2n) is 15.5. The van der Waals surface area contributed by atoms with Gasteiger partial charge in [0.15, 0.2) is 0 Å². The number of imidazole rings is 1. The Bertz CT molecular complexity index is 2360. The minimum Gasteiger partial charge on any atom is -0.387 e. The van der Waals surface area contributed by atoms with Crippen molar-refractivity contribution in [2.24, 2.45) is 10.9 Å². The van der Waals surface area contributed by atoms with Gasteiger partial charge in [-0.3, -0.25) is 24.2 Å². The predicted octanol–water partition coefficient (Wildman–Crippen LogP) is 6.87. The summed E-state index contributed by atoms with van der Waals surface area (Å²) in [6.07, 6.45) is 7.84. The van der Waals surface area contributed by atoms with E-state index in [4.69, 9.17) is 9.98 Å². The first kappa shape index (κ1) is 39.4. The molecule has 1 unspecified atom stereocenters. The highest BCUT2D eigenvalue weighted by Crippen LogP contribution is 2.43. The van der Waals surface area contributed by atoms with Gasteiger partial charge in [0, 0.05) is 57.5 Å². The van der Waals surface area contributed by atoms with E-state index < -0.39 is 24.6 Å². The van der Waals surface area contributed by atoms with Crippen molar-refractivity contribution in [3.63, 3.8) is 0 Å². The van der Waals surface area contributed by atoms with Gasteiger partial charge in [-0.05, 0) is 66.0 Å². The Kier molecular flexibility index (Phi) is 11.4. The molecule has 5 aromatic rings. The van der Waals surface area contributed by atoms with Crippen molar-refractivity contribution in [1.82, 2.24) is 30.4 Å². The number of thiophene rings is 2. The highest BCUT2D eigenvalue weighted by molar-refractivity contribution is 7.30. The molecule has 0 aliphatic carbocycles. The fourth-order valence-electron chi connectivity index (χ4n) is 8.31.